The predicted octanol–water partition coefficient (Wildman–Crippen LogP) is 3.59. The van der Waals surface area contributed by atoms with E-state index in [1.165, 1.54) is 19.3 Å². The van der Waals surface area contributed by atoms with Crippen LogP contribution < -0.4 is 16.0 Å². The van der Waals surface area contributed by atoms with Crippen LogP contribution in [0.2, 0.25) is 0 Å². The van der Waals surface area contributed by atoms with Crippen molar-refractivity contribution < 1.29 is 9.59 Å². The van der Waals surface area contributed by atoms with E-state index in [1.807, 2.05) is 26.0 Å². The Morgan fingerprint density at radius 3 is 2.17 bits per heavy atom. The summed E-state index contributed by atoms with van der Waals surface area (Å²) in [6, 6.07) is 7.13. The van der Waals surface area contributed by atoms with Gasteiger partial charge in [-0.2, -0.15) is 0 Å². The number of urea groups is 1. The van der Waals surface area contributed by atoms with Crippen LogP contribution in [0.4, 0.5) is 16.2 Å². The molecule has 2 fully saturated rings. The van der Waals surface area contributed by atoms with Crippen molar-refractivity contribution >= 4 is 23.3 Å². The van der Waals surface area contributed by atoms with Crippen LogP contribution in [0.25, 0.3) is 0 Å². The van der Waals surface area contributed by atoms with Crippen molar-refractivity contribution in [3.8, 4) is 0 Å². The van der Waals surface area contributed by atoms with Crippen LogP contribution in [-0.2, 0) is 4.79 Å². The molecule has 2 saturated carbocycles. The fourth-order valence-electron chi connectivity index (χ4n) is 3.87. The third kappa shape index (κ3) is 3.84. The molecular formula is C18H25N3O2. The summed E-state index contributed by atoms with van der Waals surface area (Å²) in [7, 11) is 0. The Morgan fingerprint density at radius 2 is 1.65 bits per heavy atom. The SMILES string of the molecule is CC(C)NC(=O)Nc1ccc(NC(=O)C2CC3CCC2C3)cc1. The second-order valence-corrected chi connectivity index (χ2v) is 7.10. The molecule has 3 unspecified atom stereocenters. The van der Waals surface area contributed by atoms with Gasteiger partial charge in [-0.25, -0.2) is 4.79 Å². The molecule has 0 radical (unpaired) electrons. The Labute approximate surface area is 137 Å². The monoisotopic (exact) mass is 315 g/mol. The van der Waals surface area contributed by atoms with E-state index < -0.39 is 0 Å². The highest BCUT2D eigenvalue weighted by Crippen LogP contribution is 2.48. The van der Waals surface area contributed by atoms with Gasteiger partial charge in [0.2, 0.25) is 5.91 Å². The van der Waals surface area contributed by atoms with Crippen LogP contribution in [0, 0.1) is 17.8 Å². The van der Waals surface area contributed by atoms with E-state index in [-0.39, 0.29) is 23.9 Å². The Kier molecular flexibility index (Phi) is 4.55. The van der Waals surface area contributed by atoms with Gasteiger partial charge in [0.25, 0.3) is 0 Å². The summed E-state index contributed by atoms with van der Waals surface area (Å²) in [5.41, 5.74) is 1.49. The third-order valence-corrected chi connectivity index (χ3v) is 4.90. The lowest BCUT2D eigenvalue weighted by Gasteiger charge is -2.20. The average molecular weight is 315 g/mol. The van der Waals surface area contributed by atoms with Gasteiger partial charge in [-0.15, -0.1) is 0 Å². The van der Waals surface area contributed by atoms with Crippen molar-refractivity contribution in [3.63, 3.8) is 0 Å². The quantitative estimate of drug-likeness (QED) is 0.794. The summed E-state index contributed by atoms with van der Waals surface area (Å²) in [4.78, 5) is 24.0. The first-order valence-electron chi connectivity index (χ1n) is 8.49. The van der Waals surface area contributed by atoms with Crippen molar-refractivity contribution in [1.82, 2.24) is 5.32 Å². The summed E-state index contributed by atoms with van der Waals surface area (Å²) in [6.45, 7) is 3.82. The summed E-state index contributed by atoms with van der Waals surface area (Å²) in [5, 5.41) is 8.55. The summed E-state index contributed by atoms with van der Waals surface area (Å²) in [6.07, 6.45) is 4.78. The standard InChI is InChI=1S/C18H25N3O2/c1-11(2)19-18(23)21-15-7-5-14(6-8-15)20-17(22)16-10-12-3-4-13(16)9-12/h5-8,11-13,16H,3-4,9-10H2,1-2H3,(H,20,22)(H2,19,21,23). The van der Waals surface area contributed by atoms with Crippen LogP contribution >= 0.6 is 0 Å². The molecule has 124 valence electrons. The van der Waals surface area contributed by atoms with E-state index >= 15 is 0 Å². The number of carbonyl (C=O) groups is 2. The molecule has 5 heteroatoms. The minimum atomic E-state index is -0.223. The number of fused-ring (bicyclic) bond motifs is 2. The second kappa shape index (κ2) is 6.60. The first kappa shape index (κ1) is 15.8. The highest BCUT2D eigenvalue weighted by atomic mass is 16.2. The number of amides is 3. The Hall–Kier alpha value is -2.04. The number of hydrogen-bond acceptors (Lipinski definition) is 2. The van der Waals surface area contributed by atoms with Gasteiger partial charge in [-0.1, -0.05) is 6.42 Å². The van der Waals surface area contributed by atoms with Gasteiger partial charge in [0, 0.05) is 23.3 Å². The Balaban J connectivity index is 1.53. The molecule has 0 saturated heterocycles. The molecule has 2 aliphatic rings. The molecular weight excluding hydrogens is 290 g/mol. The minimum absolute atomic E-state index is 0.0929. The van der Waals surface area contributed by atoms with Gasteiger partial charge in [0.15, 0.2) is 0 Å². The van der Waals surface area contributed by atoms with Crippen LogP contribution in [0.1, 0.15) is 39.5 Å². The van der Waals surface area contributed by atoms with Crippen LogP contribution in [0.15, 0.2) is 24.3 Å². The highest BCUT2D eigenvalue weighted by Gasteiger charge is 2.42. The fourth-order valence-corrected chi connectivity index (χ4v) is 3.87. The van der Waals surface area contributed by atoms with Crippen LogP contribution in [0.5, 0.6) is 0 Å². The molecule has 3 rings (SSSR count). The molecule has 2 bridgehead atoms. The number of carbonyl (C=O) groups excluding carboxylic acids is 2. The van der Waals surface area contributed by atoms with E-state index in [9.17, 15) is 9.59 Å². The summed E-state index contributed by atoms with van der Waals surface area (Å²) >= 11 is 0. The van der Waals surface area contributed by atoms with Crippen molar-refractivity contribution in [2.24, 2.45) is 17.8 Å². The van der Waals surface area contributed by atoms with Gasteiger partial charge < -0.3 is 16.0 Å². The minimum Gasteiger partial charge on any atom is -0.336 e. The lowest BCUT2D eigenvalue weighted by molar-refractivity contribution is -0.121. The van der Waals surface area contributed by atoms with E-state index in [4.69, 9.17) is 0 Å². The maximum absolute atomic E-state index is 12.4. The average Bonchev–Trinajstić information content (AvgIpc) is 3.11. The normalized spacial score (nSPS) is 25.4. The molecule has 0 aromatic heterocycles. The molecule has 3 N–H and O–H groups in total. The highest BCUT2D eigenvalue weighted by molar-refractivity contribution is 5.94. The molecule has 3 atom stereocenters. The maximum atomic E-state index is 12.4. The molecule has 2 aliphatic carbocycles. The van der Waals surface area contributed by atoms with Crippen molar-refractivity contribution in [2.45, 2.75) is 45.6 Å². The van der Waals surface area contributed by atoms with Crippen molar-refractivity contribution in [2.75, 3.05) is 10.6 Å². The molecule has 1 aromatic rings. The third-order valence-electron chi connectivity index (χ3n) is 4.90. The van der Waals surface area contributed by atoms with E-state index in [0.717, 1.165) is 18.0 Å². The molecule has 0 aliphatic heterocycles. The lowest BCUT2D eigenvalue weighted by atomic mass is 9.88. The first-order chi connectivity index (χ1) is 11.0. The van der Waals surface area contributed by atoms with Gasteiger partial charge in [-0.05, 0) is 69.2 Å². The lowest BCUT2D eigenvalue weighted by Crippen LogP contribution is -2.34. The number of rotatable bonds is 4. The smallest absolute Gasteiger partial charge is 0.319 e. The molecule has 0 spiro atoms. The number of nitrogens with one attached hydrogen (secondary N) is 3. The van der Waals surface area contributed by atoms with E-state index in [0.29, 0.717) is 11.6 Å². The number of anilines is 2. The molecule has 0 heterocycles. The summed E-state index contributed by atoms with van der Waals surface area (Å²) < 4.78 is 0. The molecule has 1 aromatic carbocycles. The van der Waals surface area contributed by atoms with E-state index in [2.05, 4.69) is 16.0 Å². The largest absolute Gasteiger partial charge is 0.336 e. The van der Waals surface area contributed by atoms with Gasteiger partial charge in [0.1, 0.15) is 0 Å². The topological polar surface area (TPSA) is 70.2 Å². The molecule has 23 heavy (non-hydrogen) atoms. The summed E-state index contributed by atoms with van der Waals surface area (Å²) in [5.74, 6) is 1.68. The number of hydrogen-bond donors (Lipinski definition) is 3. The first-order valence-corrected chi connectivity index (χ1v) is 8.49. The number of benzene rings is 1. The van der Waals surface area contributed by atoms with Gasteiger partial charge >= 0.3 is 6.03 Å². The van der Waals surface area contributed by atoms with Crippen LogP contribution in [0.3, 0.4) is 0 Å². The maximum Gasteiger partial charge on any atom is 0.319 e. The Morgan fingerprint density at radius 1 is 1.00 bits per heavy atom. The van der Waals surface area contributed by atoms with Gasteiger partial charge in [-0.3, -0.25) is 4.79 Å². The van der Waals surface area contributed by atoms with Crippen molar-refractivity contribution in [3.05, 3.63) is 24.3 Å². The predicted molar refractivity (Wildman–Crippen MR) is 91.3 cm³/mol. The van der Waals surface area contributed by atoms with Gasteiger partial charge in [0.05, 0.1) is 0 Å². The zero-order valence-electron chi connectivity index (χ0n) is 13.8. The fraction of sp³-hybridized carbons (Fsp3) is 0.556. The second-order valence-electron chi connectivity index (χ2n) is 7.10. The Bertz CT molecular complexity index is 582. The molecule has 3 amide bonds. The zero-order valence-corrected chi connectivity index (χ0v) is 13.8. The zero-order chi connectivity index (χ0) is 16.4. The molecule has 5 nitrogen and oxygen atoms in total. The van der Waals surface area contributed by atoms with Crippen molar-refractivity contribution in [1.29, 1.82) is 0 Å². The van der Waals surface area contributed by atoms with E-state index in [1.54, 1.807) is 12.1 Å². The van der Waals surface area contributed by atoms with Crippen LogP contribution in [-0.4, -0.2) is 18.0 Å².